The molecule has 2 aromatic rings. The van der Waals surface area contributed by atoms with Crippen LogP contribution >= 0.6 is 0 Å². The highest BCUT2D eigenvalue weighted by atomic mass is 16.5. The summed E-state index contributed by atoms with van der Waals surface area (Å²) in [5, 5.41) is 0. The van der Waals surface area contributed by atoms with E-state index in [9.17, 15) is 9.59 Å². The third-order valence-electron chi connectivity index (χ3n) is 7.10. The molecular weight excluding hydrogens is 380 g/mol. The Balaban J connectivity index is 1.90. The topological polar surface area (TPSA) is 59.1 Å². The quantitative estimate of drug-likeness (QED) is 0.731. The predicted octanol–water partition coefficient (Wildman–Crippen LogP) is 2.28. The van der Waals surface area contributed by atoms with E-state index in [1.807, 2.05) is 84.3 Å². The largest absolute Gasteiger partial charge is 0.369 e. The molecular formula is C24H26N2O4. The number of hydrogen-bond donors (Lipinski definition) is 0. The highest BCUT2D eigenvalue weighted by molar-refractivity contribution is 5.99. The first kappa shape index (κ1) is 19.3. The number of ether oxygens (including phenoxy) is 2. The Bertz CT molecular complexity index is 1010. The van der Waals surface area contributed by atoms with E-state index in [0.717, 1.165) is 11.1 Å². The molecule has 3 aliphatic rings. The van der Waals surface area contributed by atoms with Crippen LogP contribution in [0.2, 0.25) is 0 Å². The third kappa shape index (κ3) is 1.87. The van der Waals surface area contributed by atoms with Gasteiger partial charge in [0.15, 0.2) is 12.2 Å². The normalized spacial score (nSPS) is 34.0. The van der Waals surface area contributed by atoms with E-state index in [-0.39, 0.29) is 11.8 Å². The number of hydrogen-bond acceptors (Lipinski definition) is 4. The summed E-state index contributed by atoms with van der Waals surface area (Å²) in [7, 11) is 3.13. The van der Waals surface area contributed by atoms with Crippen molar-refractivity contribution in [3.8, 4) is 0 Å². The van der Waals surface area contributed by atoms with Crippen LogP contribution in [0.5, 0.6) is 0 Å². The minimum atomic E-state index is -0.905. The summed E-state index contributed by atoms with van der Waals surface area (Å²) in [5.74, 6) is -0.117. The Kier molecular flexibility index (Phi) is 3.95. The Morgan fingerprint density at radius 3 is 1.73 bits per heavy atom. The Morgan fingerprint density at radius 2 is 1.23 bits per heavy atom. The molecule has 2 aromatic carbocycles. The Hall–Kier alpha value is -2.70. The molecule has 3 heterocycles. The molecule has 0 aromatic heterocycles. The van der Waals surface area contributed by atoms with Crippen molar-refractivity contribution in [1.29, 1.82) is 0 Å². The van der Waals surface area contributed by atoms with Crippen LogP contribution in [0, 0.1) is 0 Å². The average Bonchev–Trinajstić information content (AvgIpc) is 2.75. The SMILES string of the molecule is CO[C@@H]1C(=O)N2CC(C)(C)N3C(=O)[C@H](OC)[C@@]3(c3ccccc3)[C@@]12c1ccccc1. The number of β-lactam (4-membered cyclic amide) rings is 2. The van der Waals surface area contributed by atoms with Crippen molar-refractivity contribution in [2.45, 2.75) is 42.7 Å². The maximum Gasteiger partial charge on any atom is 0.256 e. The van der Waals surface area contributed by atoms with Crippen molar-refractivity contribution in [2.75, 3.05) is 20.8 Å². The van der Waals surface area contributed by atoms with Crippen LogP contribution in [0.1, 0.15) is 25.0 Å². The van der Waals surface area contributed by atoms with Gasteiger partial charge in [-0.2, -0.15) is 0 Å². The number of piperazine rings is 1. The van der Waals surface area contributed by atoms with Crippen LogP contribution in [0.4, 0.5) is 0 Å². The van der Waals surface area contributed by atoms with Crippen molar-refractivity contribution in [1.82, 2.24) is 9.80 Å². The zero-order valence-electron chi connectivity index (χ0n) is 17.7. The Labute approximate surface area is 176 Å². The molecule has 3 saturated heterocycles. The van der Waals surface area contributed by atoms with Crippen molar-refractivity contribution < 1.29 is 19.1 Å². The number of nitrogens with zero attached hydrogens (tertiary/aromatic N) is 2. The molecule has 0 aliphatic carbocycles. The summed E-state index contributed by atoms with van der Waals surface area (Å²) in [6.45, 7) is 4.45. The Morgan fingerprint density at radius 1 is 0.767 bits per heavy atom. The first-order valence-corrected chi connectivity index (χ1v) is 10.2. The van der Waals surface area contributed by atoms with Crippen LogP contribution in [0.25, 0.3) is 0 Å². The zero-order valence-corrected chi connectivity index (χ0v) is 17.7. The van der Waals surface area contributed by atoms with Gasteiger partial charge in [-0.05, 0) is 25.0 Å². The van der Waals surface area contributed by atoms with E-state index >= 15 is 0 Å². The molecule has 0 bridgehead atoms. The molecule has 0 spiro atoms. The van der Waals surface area contributed by atoms with Crippen LogP contribution in [0.15, 0.2) is 60.7 Å². The van der Waals surface area contributed by atoms with E-state index < -0.39 is 28.8 Å². The number of carbonyl (C=O) groups excluding carboxylic acids is 2. The second-order valence-corrected chi connectivity index (χ2v) is 8.91. The molecule has 5 rings (SSSR count). The molecule has 0 radical (unpaired) electrons. The highest BCUT2D eigenvalue weighted by Gasteiger charge is 2.85. The van der Waals surface area contributed by atoms with E-state index in [4.69, 9.17) is 9.47 Å². The number of carbonyl (C=O) groups is 2. The lowest BCUT2D eigenvalue weighted by Gasteiger charge is -2.79. The van der Waals surface area contributed by atoms with E-state index in [0.29, 0.717) is 6.54 Å². The third-order valence-corrected chi connectivity index (χ3v) is 7.10. The lowest BCUT2D eigenvalue weighted by atomic mass is 9.50. The van der Waals surface area contributed by atoms with Gasteiger partial charge in [0, 0.05) is 20.8 Å². The van der Waals surface area contributed by atoms with Gasteiger partial charge in [-0.1, -0.05) is 60.7 Å². The fourth-order valence-corrected chi connectivity index (χ4v) is 6.26. The average molecular weight is 406 g/mol. The standard InChI is InChI=1S/C24H26N2O4/c1-22(2)15-25-20(27)18(29-3)23(25,16-11-7-5-8-12-16)24(17-13-9-6-10-14-17)19(30-4)21(28)26(22)24/h5-14,18-19H,15H2,1-4H3/t18-,19+,23-,24+/m1/s1. The second kappa shape index (κ2) is 6.15. The number of rotatable bonds is 4. The maximum atomic E-state index is 13.4. The van der Waals surface area contributed by atoms with Crippen LogP contribution in [-0.2, 0) is 30.1 Å². The minimum absolute atomic E-state index is 0.0569. The maximum absolute atomic E-state index is 13.4. The smallest absolute Gasteiger partial charge is 0.256 e. The first-order chi connectivity index (χ1) is 14.4. The van der Waals surface area contributed by atoms with Gasteiger partial charge in [0.25, 0.3) is 11.8 Å². The minimum Gasteiger partial charge on any atom is -0.369 e. The summed E-state index contributed by atoms with van der Waals surface area (Å²) in [5.41, 5.74) is -0.472. The molecule has 3 fully saturated rings. The lowest BCUT2D eigenvalue weighted by molar-refractivity contribution is -0.313. The van der Waals surface area contributed by atoms with Gasteiger partial charge in [0.1, 0.15) is 11.1 Å². The number of fused-ring (bicyclic) bond motifs is 3. The fourth-order valence-electron chi connectivity index (χ4n) is 6.26. The molecule has 3 aliphatic heterocycles. The van der Waals surface area contributed by atoms with Gasteiger partial charge in [0.05, 0.1) is 5.54 Å². The van der Waals surface area contributed by atoms with E-state index in [1.54, 1.807) is 14.2 Å². The first-order valence-electron chi connectivity index (χ1n) is 10.2. The fraction of sp³-hybridized carbons (Fsp3) is 0.417. The summed E-state index contributed by atoms with van der Waals surface area (Å²) in [6.07, 6.45) is -1.45. The predicted molar refractivity (Wildman–Crippen MR) is 110 cm³/mol. The molecule has 0 N–H and O–H groups in total. The van der Waals surface area contributed by atoms with Crippen LogP contribution < -0.4 is 0 Å². The van der Waals surface area contributed by atoms with Gasteiger partial charge >= 0.3 is 0 Å². The molecule has 4 atom stereocenters. The number of benzene rings is 2. The van der Waals surface area contributed by atoms with Crippen molar-refractivity contribution in [3.63, 3.8) is 0 Å². The van der Waals surface area contributed by atoms with E-state index in [1.165, 1.54) is 0 Å². The van der Waals surface area contributed by atoms with Crippen LogP contribution in [-0.4, -0.2) is 60.1 Å². The number of amides is 2. The monoisotopic (exact) mass is 406 g/mol. The van der Waals surface area contributed by atoms with Gasteiger partial charge in [0.2, 0.25) is 0 Å². The summed E-state index contributed by atoms with van der Waals surface area (Å²) < 4.78 is 11.7. The van der Waals surface area contributed by atoms with Gasteiger partial charge in [-0.3, -0.25) is 9.59 Å². The van der Waals surface area contributed by atoms with E-state index in [2.05, 4.69) is 0 Å². The summed E-state index contributed by atoms with van der Waals surface area (Å²) in [4.78, 5) is 30.5. The van der Waals surface area contributed by atoms with Crippen molar-refractivity contribution in [3.05, 3.63) is 71.8 Å². The molecule has 0 unspecified atom stereocenters. The molecule has 6 heteroatoms. The second-order valence-electron chi connectivity index (χ2n) is 8.91. The van der Waals surface area contributed by atoms with Gasteiger partial charge in [-0.15, -0.1) is 0 Å². The van der Waals surface area contributed by atoms with Gasteiger partial charge in [-0.25, -0.2) is 0 Å². The molecule has 6 nitrogen and oxygen atoms in total. The van der Waals surface area contributed by atoms with Crippen LogP contribution in [0.3, 0.4) is 0 Å². The van der Waals surface area contributed by atoms with Gasteiger partial charge < -0.3 is 19.3 Å². The van der Waals surface area contributed by atoms with Crippen molar-refractivity contribution in [2.24, 2.45) is 0 Å². The lowest BCUT2D eigenvalue weighted by Crippen LogP contribution is -2.97. The molecule has 0 saturated carbocycles. The summed E-state index contributed by atoms with van der Waals surface area (Å²) >= 11 is 0. The zero-order chi connectivity index (χ0) is 21.3. The molecule has 30 heavy (non-hydrogen) atoms. The summed E-state index contributed by atoms with van der Waals surface area (Å²) in [6, 6.07) is 19.8. The highest BCUT2D eigenvalue weighted by Crippen LogP contribution is 2.67. The van der Waals surface area contributed by atoms with Crippen molar-refractivity contribution >= 4 is 11.8 Å². The number of methoxy groups -OCH3 is 2. The molecule has 156 valence electrons. The molecule has 2 amide bonds.